The number of likely N-dealkylation sites (N-methyl/N-ethyl adjacent to an activating group) is 1. The van der Waals surface area contributed by atoms with Crippen LogP contribution in [0.2, 0.25) is 0 Å². The topological polar surface area (TPSA) is 21.3 Å². The molecule has 0 heterocycles. The molecule has 0 saturated carbocycles. The molecule has 1 aromatic rings. The van der Waals surface area contributed by atoms with Gasteiger partial charge in [-0.1, -0.05) is 0 Å². The Morgan fingerprint density at radius 3 is 2.71 bits per heavy atom. The van der Waals surface area contributed by atoms with Crippen LogP contribution in [0, 0.1) is 12.7 Å². The van der Waals surface area contributed by atoms with Crippen molar-refractivity contribution >= 4 is 0 Å². The molecular weight excluding hydrogens is 181 g/mol. The smallest absolute Gasteiger partial charge is 0.130 e. The highest BCUT2D eigenvalue weighted by Gasteiger charge is 2.06. The molecule has 0 spiro atoms. The number of halogens is 1. The Balaban J connectivity index is 2.90. The monoisotopic (exact) mass is 197 g/mol. The summed E-state index contributed by atoms with van der Waals surface area (Å²) in [5.41, 5.74) is 1.71. The highest BCUT2D eigenvalue weighted by atomic mass is 19.1. The van der Waals surface area contributed by atoms with Gasteiger partial charge in [0.2, 0.25) is 0 Å². The molecule has 0 bridgehead atoms. The van der Waals surface area contributed by atoms with Gasteiger partial charge in [0.15, 0.2) is 0 Å². The molecule has 1 rings (SSSR count). The molecule has 1 N–H and O–H groups in total. The maximum absolute atomic E-state index is 13.4. The van der Waals surface area contributed by atoms with Crippen LogP contribution in [0.3, 0.4) is 0 Å². The second-order valence-corrected chi connectivity index (χ2v) is 3.27. The molecule has 3 heteroatoms. The Bertz CT molecular complexity index is 312. The summed E-state index contributed by atoms with van der Waals surface area (Å²) in [4.78, 5) is 0. The van der Waals surface area contributed by atoms with Gasteiger partial charge in [-0.15, -0.1) is 0 Å². The van der Waals surface area contributed by atoms with Gasteiger partial charge in [-0.3, -0.25) is 0 Å². The quantitative estimate of drug-likeness (QED) is 0.796. The van der Waals surface area contributed by atoms with Crippen molar-refractivity contribution < 1.29 is 9.13 Å². The fourth-order valence-electron chi connectivity index (χ4n) is 1.39. The van der Waals surface area contributed by atoms with Gasteiger partial charge in [0.05, 0.1) is 7.11 Å². The molecule has 0 atom stereocenters. The highest BCUT2D eigenvalue weighted by molar-refractivity contribution is 5.37. The molecule has 0 aliphatic heterocycles. The van der Waals surface area contributed by atoms with Crippen LogP contribution in [0.25, 0.3) is 0 Å². The molecule has 0 fully saturated rings. The van der Waals surface area contributed by atoms with E-state index in [9.17, 15) is 4.39 Å². The van der Waals surface area contributed by atoms with Crippen molar-refractivity contribution in [3.05, 3.63) is 29.1 Å². The standard InChI is InChI=1S/C11H16FNO/c1-8-6-9(4-5-13-2)10(12)7-11(8)14-3/h6-7,13H,4-5H2,1-3H3. The molecule has 0 aliphatic carbocycles. The average Bonchev–Trinajstić information content (AvgIpc) is 2.18. The van der Waals surface area contributed by atoms with Crippen molar-refractivity contribution in [1.82, 2.24) is 5.32 Å². The third-order valence-corrected chi connectivity index (χ3v) is 2.21. The van der Waals surface area contributed by atoms with Gasteiger partial charge in [0, 0.05) is 6.07 Å². The summed E-state index contributed by atoms with van der Waals surface area (Å²) < 4.78 is 18.5. The predicted octanol–water partition coefficient (Wildman–Crippen LogP) is 1.90. The Labute approximate surface area is 84.1 Å². The number of methoxy groups -OCH3 is 1. The fraction of sp³-hybridized carbons (Fsp3) is 0.455. The minimum absolute atomic E-state index is 0.192. The zero-order chi connectivity index (χ0) is 10.6. The lowest BCUT2D eigenvalue weighted by Crippen LogP contribution is -2.11. The maximum Gasteiger partial charge on any atom is 0.130 e. The van der Waals surface area contributed by atoms with Gasteiger partial charge in [0.25, 0.3) is 0 Å². The first-order chi connectivity index (χ1) is 6.69. The van der Waals surface area contributed by atoms with Crippen LogP contribution >= 0.6 is 0 Å². The van der Waals surface area contributed by atoms with E-state index in [1.54, 1.807) is 7.11 Å². The van der Waals surface area contributed by atoms with Gasteiger partial charge in [-0.05, 0) is 44.1 Å². The zero-order valence-corrected chi connectivity index (χ0v) is 8.86. The molecule has 14 heavy (non-hydrogen) atoms. The molecule has 78 valence electrons. The largest absolute Gasteiger partial charge is 0.496 e. The summed E-state index contributed by atoms with van der Waals surface area (Å²) in [6, 6.07) is 3.28. The number of hydrogen-bond donors (Lipinski definition) is 1. The van der Waals surface area contributed by atoms with E-state index in [4.69, 9.17) is 4.74 Å². The summed E-state index contributed by atoms with van der Waals surface area (Å²) in [5, 5.41) is 2.99. The highest BCUT2D eigenvalue weighted by Crippen LogP contribution is 2.21. The molecule has 2 nitrogen and oxygen atoms in total. The average molecular weight is 197 g/mol. The first-order valence-electron chi connectivity index (χ1n) is 4.66. The number of aryl methyl sites for hydroxylation is 1. The van der Waals surface area contributed by atoms with Crippen molar-refractivity contribution in [1.29, 1.82) is 0 Å². The number of ether oxygens (including phenoxy) is 1. The number of benzene rings is 1. The Hall–Kier alpha value is -1.09. The van der Waals surface area contributed by atoms with Gasteiger partial charge in [0.1, 0.15) is 11.6 Å². The molecule has 0 saturated heterocycles. The second kappa shape index (κ2) is 4.96. The third-order valence-electron chi connectivity index (χ3n) is 2.21. The van der Waals surface area contributed by atoms with E-state index in [1.165, 1.54) is 6.07 Å². The van der Waals surface area contributed by atoms with Gasteiger partial charge >= 0.3 is 0 Å². The molecular formula is C11H16FNO. The molecule has 0 radical (unpaired) electrons. The molecule has 0 unspecified atom stereocenters. The normalized spacial score (nSPS) is 10.3. The van der Waals surface area contributed by atoms with Crippen LogP contribution in [-0.2, 0) is 6.42 Å². The minimum Gasteiger partial charge on any atom is -0.496 e. The first kappa shape index (κ1) is 11.0. The zero-order valence-electron chi connectivity index (χ0n) is 8.86. The van der Waals surface area contributed by atoms with Gasteiger partial charge in [-0.25, -0.2) is 4.39 Å². The number of nitrogens with one attached hydrogen (secondary N) is 1. The fourth-order valence-corrected chi connectivity index (χ4v) is 1.39. The van der Waals surface area contributed by atoms with Crippen LogP contribution in [0.5, 0.6) is 5.75 Å². The van der Waals surface area contributed by atoms with E-state index in [1.807, 2.05) is 20.0 Å². The summed E-state index contributed by atoms with van der Waals surface area (Å²) >= 11 is 0. The van der Waals surface area contributed by atoms with E-state index in [0.717, 1.165) is 17.7 Å². The lowest BCUT2D eigenvalue weighted by atomic mass is 10.1. The van der Waals surface area contributed by atoms with E-state index < -0.39 is 0 Å². The lowest BCUT2D eigenvalue weighted by Gasteiger charge is -2.08. The summed E-state index contributed by atoms with van der Waals surface area (Å²) in [7, 11) is 3.41. The first-order valence-corrected chi connectivity index (χ1v) is 4.66. The van der Waals surface area contributed by atoms with E-state index in [2.05, 4.69) is 5.32 Å². The minimum atomic E-state index is -0.192. The summed E-state index contributed by atoms with van der Waals surface area (Å²) in [6.07, 6.45) is 0.702. The molecule has 1 aromatic carbocycles. The maximum atomic E-state index is 13.4. The van der Waals surface area contributed by atoms with Crippen molar-refractivity contribution in [2.45, 2.75) is 13.3 Å². The SMILES string of the molecule is CNCCc1cc(C)c(OC)cc1F. The van der Waals surface area contributed by atoms with E-state index >= 15 is 0 Å². The Morgan fingerprint density at radius 1 is 1.43 bits per heavy atom. The van der Waals surface area contributed by atoms with Crippen molar-refractivity contribution in [3.8, 4) is 5.75 Å². The van der Waals surface area contributed by atoms with Crippen molar-refractivity contribution in [3.63, 3.8) is 0 Å². The van der Waals surface area contributed by atoms with Gasteiger partial charge in [-0.2, -0.15) is 0 Å². The number of rotatable bonds is 4. The molecule has 0 aromatic heterocycles. The summed E-state index contributed by atoms with van der Waals surface area (Å²) in [5.74, 6) is 0.415. The van der Waals surface area contributed by atoms with Crippen LogP contribution < -0.4 is 10.1 Å². The van der Waals surface area contributed by atoms with Crippen LogP contribution in [-0.4, -0.2) is 20.7 Å². The van der Waals surface area contributed by atoms with E-state index in [0.29, 0.717) is 12.2 Å². The third kappa shape index (κ3) is 2.45. The lowest BCUT2D eigenvalue weighted by molar-refractivity contribution is 0.407. The van der Waals surface area contributed by atoms with Crippen LogP contribution in [0.15, 0.2) is 12.1 Å². The van der Waals surface area contributed by atoms with Gasteiger partial charge < -0.3 is 10.1 Å². The number of hydrogen-bond acceptors (Lipinski definition) is 2. The Morgan fingerprint density at radius 2 is 2.14 bits per heavy atom. The van der Waals surface area contributed by atoms with Crippen molar-refractivity contribution in [2.75, 3.05) is 20.7 Å². The summed E-state index contributed by atoms with van der Waals surface area (Å²) in [6.45, 7) is 2.70. The molecule has 0 aliphatic rings. The second-order valence-electron chi connectivity index (χ2n) is 3.27. The molecule has 0 amide bonds. The van der Waals surface area contributed by atoms with Crippen LogP contribution in [0.1, 0.15) is 11.1 Å². The van der Waals surface area contributed by atoms with E-state index in [-0.39, 0.29) is 5.82 Å². The Kier molecular flexibility index (Phi) is 3.89. The van der Waals surface area contributed by atoms with Crippen LogP contribution in [0.4, 0.5) is 4.39 Å². The predicted molar refractivity (Wildman–Crippen MR) is 55.3 cm³/mol. The van der Waals surface area contributed by atoms with Crippen molar-refractivity contribution in [2.24, 2.45) is 0 Å².